The first-order chi connectivity index (χ1) is 13.3. The van der Waals surface area contributed by atoms with E-state index in [1.54, 1.807) is 13.4 Å². The van der Waals surface area contributed by atoms with Gasteiger partial charge in [0.05, 0.1) is 19.2 Å². The van der Waals surface area contributed by atoms with Gasteiger partial charge in [-0.25, -0.2) is 4.98 Å². The van der Waals surface area contributed by atoms with E-state index < -0.39 is 0 Å². The van der Waals surface area contributed by atoms with E-state index in [1.807, 2.05) is 24.3 Å². The van der Waals surface area contributed by atoms with Crippen LogP contribution in [0.3, 0.4) is 0 Å². The zero-order valence-electron chi connectivity index (χ0n) is 15.9. The van der Waals surface area contributed by atoms with Crippen LogP contribution in [0.15, 0.2) is 39.5 Å². The molecule has 0 aliphatic carbocycles. The number of nitrogens with zero attached hydrogens (tertiary/aromatic N) is 3. The highest BCUT2D eigenvalue weighted by atomic mass is 35.5. The number of halogens is 1. The summed E-state index contributed by atoms with van der Waals surface area (Å²) in [7, 11) is 1.64. The summed E-state index contributed by atoms with van der Waals surface area (Å²) in [5.74, 6) is 3.35. The maximum atomic E-state index is 5.59. The molecule has 28 heavy (non-hydrogen) atoms. The van der Waals surface area contributed by atoms with Crippen LogP contribution in [-0.2, 0) is 12.8 Å². The van der Waals surface area contributed by atoms with E-state index in [9.17, 15) is 0 Å². The fraction of sp³-hybridized carbons (Fsp3) is 0.450. The molecule has 150 valence electrons. The summed E-state index contributed by atoms with van der Waals surface area (Å²) in [6, 6.07) is 7.60. The number of aromatic nitrogens is 3. The van der Waals surface area contributed by atoms with Crippen LogP contribution in [0.5, 0.6) is 5.75 Å². The van der Waals surface area contributed by atoms with Gasteiger partial charge in [0, 0.05) is 12.0 Å². The molecular weight excluding hydrogens is 380 g/mol. The lowest BCUT2D eigenvalue weighted by molar-refractivity contribution is 0.339. The standard InChI is InChI=1S/C20H24N4O3.ClH/c1-25-17-6-4-15(5-7-17)20-22-16(13-26-20)12-18-23-19(27-24-18)11-14-3-2-9-21-10-8-14;/h4-7,13-14,21H,2-3,8-12H2,1H3;1H. The second-order valence-corrected chi connectivity index (χ2v) is 6.90. The fourth-order valence-corrected chi connectivity index (χ4v) is 3.40. The van der Waals surface area contributed by atoms with Gasteiger partial charge in [-0.1, -0.05) is 5.16 Å². The van der Waals surface area contributed by atoms with Crippen molar-refractivity contribution in [1.82, 2.24) is 20.4 Å². The Labute approximate surface area is 170 Å². The summed E-state index contributed by atoms with van der Waals surface area (Å²) in [5, 5.41) is 7.54. The van der Waals surface area contributed by atoms with Gasteiger partial charge in [0.15, 0.2) is 5.82 Å². The zero-order valence-corrected chi connectivity index (χ0v) is 16.7. The molecule has 0 spiro atoms. The number of benzene rings is 1. The van der Waals surface area contributed by atoms with Crippen molar-refractivity contribution in [2.24, 2.45) is 5.92 Å². The highest BCUT2D eigenvalue weighted by Crippen LogP contribution is 2.23. The molecule has 1 aliphatic heterocycles. The third-order valence-electron chi connectivity index (χ3n) is 4.90. The summed E-state index contributed by atoms with van der Waals surface area (Å²) in [5.41, 5.74) is 1.68. The number of hydrogen-bond donors (Lipinski definition) is 1. The van der Waals surface area contributed by atoms with Gasteiger partial charge in [-0.3, -0.25) is 0 Å². The van der Waals surface area contributed by atoms with Gasteiger partial charge in [0.2, 0.25) is 11.8 Å². The van der Waals surface area contributed by atoms with Gasteiger partial charge in [0.1, 0.15) is 12.0 Å². The molecule has 3 heterocycles. The quantitative estimate of drug-likeness (QED) is 0.670. The van der Waals surface area contributed by atoms with Crippen LogP contribution in [0.4, 0.5) is 0 Å². The first kappa shape index (κ1) is 20.4. The van der Waals surface area contributed by atoms with Gasteiger partial charge in [0.25, 0.3) is 0 Å². The van der Waals surface area contributed by atoms with E-state index in [4.69, 9.17) is 13.7 Å². The fourth-order valence-electron chi connectivity index (χ4n) is 3.40. The van der Waals surface area contributed by atoms with Crippen molar-refractivity contribution in [3.63, 3.8) is 0 Å². The maximum absolute atomic E-state index is 5.59. The number of rotatable bonds is 6. The molecule has 1 aromatic carbocycles. The molecule has 0 radical (unpaired) electrons. The Morgan fingerprint density at radius 1 is 1.14 bits per heavy atom. The molecule has 1 fully saturated rings. The molecule has 3 aromatic rings. The van der Waals surface area contributed by atoms with E-state index in [0.29, 0.717) is 24.1 Å². The highest BCUT2D eigenvalue weighted by Gasteiger charge is 2.17. The Bertz CT molecular complexity index is 854. The molecule has 7 nitrogen and oxygen atoms in total. The Kier molecular flexibility index (Phi) is 7.06. The lowest BCUT2D eigenvalue weighted by atomic mass is 9.97. The van der Waals surface area contributed by atoms with Crippen LogP contribution >= 0.6 is 12.4 Å². The smallest absolute Gasteiger partial charge is 0.226 e. The van der Waals surface area contributed by atoms with Gasteiger partial charge >= 0.3 is 0 Å². The van der Waals surface area contributed by atoms with Crippen molar-refractivity contribution in [2.45, 2.75) is 32.1 Å². The van der Waals surface area contributed by atoms with Crippen LogP contribution in [-0.4, -0.2) is 35.3 Å². The van der Waals surface area contributed by atoms with Crippen LogP contribution in [0.2, 0.25) is 0 Å². The highest BCUT2D eigenvalue weighted by molar-refractivity contribution is 5.85. The summed E-state index contributed by atoms with van der Waals surface area (Å²) in [6.45, 7) is 2.17. The van der Waals surface area contributed by atoms with E-state index in [0.717, 1.165) is 48.8 Å². The number of nitrogens with one attached hydrogen (secondary N) is 1. The van der Waals surface area contributed by atoms with Gasteiger partial charge < -0.3 is 19.0 Å². The average Bonchev–Trinajstić information content (AvgIpc) is 3.26. The summed E-state index contributed by atoms with van der Waals surface area (Å²) in [4.78, 5) is 9.07. The predicted molar refractivity (Wildman–Crippen MR) is 107 cm³/mol. The third kappa shape index (κ3) is 5.11. The number of ether oxygens (including phenoxy) is 1. The molecule has 1 atom stereocenters. The SMILES string of the molecule is COc1ccc(-c2nc(Cc3noc(CC4CCCNCC4)n3)co2)cc1.Cl. The van der Waals surface area contributed by atoms with E-state index in [2.05, 4.69) is 20.4 Å². The van der Waals surface area contributed by atoms with E-state index in [1.165, 1.54) is 12.8 Å². The molecular formula is C20H25ClN4O3. The van der Waals surface area contributed by atoms with Crippen molar-refractivity contribution in [1.29, 1.82) is 0 Å². The van der Waals surface area contributed by atoms with Gasteiger partial charge in [-0.15, -0.1) is 12.4 Å². The average molecular weight is 405 g/mol. The Morgan fingerprint density at radius 3 is 2.82 bits per heavy atom. The Balaban J connectivity index is 0.00000225. The zero-order chi connectivity index (χ0) is 18.5. The first-order valence-electron chi connectivity index (χ1n) is 9.41. The molecule has 4 rings (SSSR count). The molecule has 1 N–H and O–H groups in total. The Morgan fingerprint density at radius 2 is 2.00 bits per heavy atom. The van der Waals surface area contributed by atoms with Crippen LogP contribution in [0.25, 0.3) is 11.5 Å². The second-order valence-electron chi connectivity index (χ2n) is 6.90. The molecule has 8 heteroatoms. The van der Waals surface area contributed by atoms with E-state index >= 15 is 0 Å². The van der Waals surface area contributed by atoms with Crippen LogP contribution in [0.1, 0.15) is 36.7 Å². The van der Waals surface area contributed by atoms with Gasteiger partial charge in [-0.05, 0) is 62.5 Å². The van der Waals surface area contributed by atoms with E-state index in [-0.39, 0.29) is 12.4 Å². The summed E-state index contributed by atoms with van der Waals surface area (Å²) < 4.78 is 16.2. The minimum absolute atomic E-state index is 0. The molecule has 0 amide bonds. The number of oxazole rings is 1. The minimum Gasteiger partial charge on any atom is -0.497 e. The third-order valence-corrected chi connectivity index (χ3v) is 4.90. The van der Waals surface area contributed by atoms with Crippen molar-refractivity contribution in [3.8, 4) is 17.2 Å². The van der Waals surface area contributed by atoms with Crippen molar-refractivity contribution >= 4 is 12.4 Å². The molecule has 1 unspecified atom stereocenters. The normalized spacial score (nSPS) is 17.0. The summed E-state index contributed by atoms with van der Waals surface area (Å²) in [6.07, 6.45) is 6.57. The summed E-state index contributed by atoms with van der Waals surface area (Å²) >= 11 is 0. The van der Waals surface area contributed by atoms with Crippen LogP contribution < -0.4 is 10.1 Å². The molecule has 1 aliphatic rings. The lowest BCUT2D eigenvalue weighted by Gasteiger charge is -2.09. The van der Waals surface area contributed by atoms with Gasteiger partial charge in [-0.2, -0.15) is 4.98 Å². The second kappa shape index (κ2) is 9.71. The molecule has 0 saturated carbocycles. The molecule has 2 aromatic heterocycles. The topological polar surface area (TPSA) is 86.2 Å². The van der Waals surface area contributed by atoms with Crippen LogP contribution in [0, 0.1) is 5.92 Å². The first-order valence-corrected chi connectivity index (χ1v) is 9.41. The minimum atomic E-state index is 0. The molecule has 1 saturated heterocycles. The lowest BCUT2D eigenvalue weighted by Crippen LogP contribution is -2.14. The monoisotopic (exact) mass is 404 g/mol. The van der Waals surface area contributed by atoms with Crippen molar-refractivity contribution < 1.29 is 13.7 Å². The van der Waals surface area contributed by atoms with Crippen molar-refractivity contribution in [2.75, 3.05) is 20.2 Å². The number of hydrogen-bond acceptors (Lipinski definition) is 7. The number of methoxy groups -OCH3 is 1. The largest absolute Gasteiger partial charge is 0.497 e. The van der Waals surface area contributed by atoms with Crippen molar-refractivity contribution in [3.05, 3.63) is 47.9 Å². The predicted octanol–water partition coefficient (Wildman–Crippen LogP) is 3.68. The Hall–Kier alpha value is -2.38. The molecule has 0 bridgehead atoms. The maximum Gasteiger partial charge on any atom is 0.226 e.